The molecule has 4 rings (SSSR count). The molecule has 2 aliphatic rings. The third kappa shape index (κ3) is 10.2. The molecule has 0 saturated carbocycles. The zero-order valence-corrected chi connectivity index (χ0v) is 23.0. The van der Waals surface area contributed by atoms with Gasteiger partial charge in [0.2, 0.25) is 0 Å². The van der Waals surface area contributed by atoms with Crippen LogP contribution in [0.4, 0.5) is 10.3 Å². The van der Waals surface area contributed by atoms with Crippen LogP contribution in [0.15, 0.2) is 83.5 Å². The van der Waals surface area contributed by atoms with Crippen LogP contribution in [-0.2, 0) is 34.1 Å². The summed E-state index contributed by atoms with van der Waals surface area (Å²) in [5, 5.41) is 10.6. The number of nitrogens with zero attached hydrogens (tertiary/aromatic N) is 4. The number of aromatic nitrogens is 2. The standard InChI is InChI=1S/2C11H11N2S.2ClH.Cu.Fe/c2*1-8-7-12-11(14-8)13-9(2)10-5-3-4-6-10;;;;/h2*3-7H,1-2H3;2*1H;;/q2*-1;;;2*+2/p-2. The van der Waals surface area contributed by atoms with Crippen LogP contribution in [0.2, 0.25) is 0 Å². The molecule has 175 valence electrons. The van der Waals surface area contributed by atoms with Crippen molar-refractivity contribution in [2.24, 2.45) is 0 Å². The first kappa shape index (κ1) is 33.1. The van der Waals surface area contributed by atoms with Gasteiger partial charge in [-0.3, -0.25) is 0 Å². The smallest absolute Gasteiger partial charge is 1.00 e. The Morgan fingerprint density at radius 3 is 1.25 bits per heavy atom. The molecule has 2 aromatic rings. The van der Waals surface area contributed by atoms with Crippen LogP contribution in [0.5, 0.6) is 0 Å². The Balaban J connectivity index is 0. The van der Waals surface area contributed by atoms with Gasteiger partial charge in [-0.05, 0) is 58.9 Å². The largest absolute Gasteiger partial charge is 2.00 e. The molecule has 2 aliphatic carbocycles. The average Bonchev–Trinajstić information content (AvgIpc) is 3.44. The van der Waals surface area contributed by atoms with E-state index >= 15 is 0 Å². The topological polar surface area (TPSA) is 54.0 Å². The summed E-state index contributed by atoms with van der Waals surface area (Å²) in [5.41, 5.74) is 4.37. The van der Waals surface area contributed by atoms with Crippen LogP contribution in [0.3, 0.4) is 0 Å². The molecule has 4 nitrogen and oxygen atoms in total. The summed E-state index contributed by atoms with van der Waals surface area (Å²) in [7, 11) is 0. The van der Waals surface area contributed by atoms with Crippen LogP contribution < -0.4 is 24.8 Å². The molecule has 0 unspecified atom stereocenters. The van der Waals surface area contributed by atoms with E-state index in [1.165, 1.54) is 9.75 Å². The molecule has 32 heavy (non-hydrogen) atoms. The molecule has 10 heteroatoms. The van der Waals surface area contributed by atoms with Crippen molar-refractivity contribution in [3.05, 3.63) is 104 Å². The predicted octanol–water partition coefficient (Wildman–Crippen LogP) is 1.72. The Morgan fingerprint density at radius 2 is 1.00 bits per heavy atom. The summed E-state index contributed by atoms with van der Waals surface area (Å²) in [6.45, 7) is 8.08. The van der Waals surface area contributed by atoms with Gasteiger partial charge in [-0.2, -0.15) is 22.7 Å². The fraction of sp³-hybridized carbons (Fsp3) is 0.182. The van der Waals surface area contributed by atoms with Gasteiger partial charge in [0.05, 0.1) is 0 Å². The van der Waals surface area contributed by atoms with Gasteiger partial charge in [0, 0.05) is 0 Å². The molecule has 0 saturated heterocycles. The normalized spacial score (nSPS) is 12.0. The summed E-state index contributed by atoms with van der Waals surface area (Å²) in [6.07, 6.45) is 20.0. The minimum absolute atomic E-state index is 0. The third-order valence-corrected chi connectivity index (χ3v) is 5.52. The number of hydrogen-bond donors (Lipinski definition) is 0. The van der Waals surface area contributed by atoms with E-state index < -0.39 is 0 Å². The number of allylic oxidation sites excluding steroid dienone is 12. The number of hydrogen-bond acceptors (Lipinski definition) is 4. The zero-order chi connectivity index (χ0) is 19.9. The second-order valence-electron chi connectivity index (χ2n) is 6.25. The van der Waals surface area contributed by atoms with Crippen LogP contribution in [-0.4, -0.2) is 9.97 Å². The van der Waals surface area contributed by atoms with Crippen LogP contribution in [0.1, 0.15) is 23.6 Å². The monoisotopic (exact) mass is 595 g/mol. The Labute approximate surface area is 232 Å². The molecule has 0 amide bonds. The molecule has 0 aromatic carbocycles. The summed E-state index contributed by atoms with van der Waals surface area (Å²) in [4.78, 5) is 10.8. The molecule has 0 atom stereocenters. The molecular weight excluding hydrogens is 575 g/mol. The van der Waals surface area contributed by atoms with E-state index in [0.29, 0.717) is 0 Å². The Hall–Kier alpha value is -1.08. The maximum Gasteiger partial charge on any atom is 2.00 e. The van der Waals surface area contributed by atoms with Gasteiger partial charge in [-0.25, -0.2) is 0 Å². The first-order chi connectivity index (χ1) is 13.5. The van der Waals surface area contributed by atoms with Gasteiger partial charge in [-0.15, -0.1) is 0 Å². The quantitative estimate of drug-likeness (QED) is 0.505. The van der Waals surface area contributed by atoms with Gasteiger partial charge in [-0.1, -0.05) is 72.4 Å². The summed E-state index contributed by atoms with van der Waals surface area (Å²) in [5.74, 6) is 0. The molecule has 1 radical (unpaired) electrons. The predicted molar refractivity (Wildman–Crippen MR) is 122 cm³/mol. The third-order valence-electron chi connectivity index (χ3n) is 3.91. The maximum absolute atomic E-state index is 4.45. The second-order valence-corrected chi connectivity index (χ2v) is 8.67. The van der Waals surface area contributed by atoms with E-state index in [2.05, 4.69) is 44.9 Å². The van der Waals surface area contributed by atoms with E-state index in [1.54, 1.807) is 22.7 Å². The van der Waals surface area contributed by atoms with Crippen molar-refractivity contribution < 1.29 is 59.0 Å². The van der Waals surface area contributed by atoms with Crippen molar-refractivity contribution in [3.63, 3.8) is 0 Å². The number of thiazole rings is 2. The molecule has 0 spiro atoms. The number of halogens is 2. The fourth-order valence-corrected chi connectivity index (χ4v) is 3.80. The van der Waals surface area contributed by atoms with Gasteiger partial charge >= 0.3 is 34.1 Å². The zero-order valence-electron chi connectivity index (χ0n) is 17.8. The van der Waals surface area contributed by atoms with E-state index in [0.717, 1.165) is 32.8 Å². The molecule has 0 N–H and O–H groups in total. The van der Waals surface area contributed by atoms with Crippen LogP contribution >= 0.6 is 22.7 Å². The van der Waals surface area contributed by atoms with Crippen molar-refractivity contribution in [2.45, 2.75) is 27.7 Å². The molecular formula is C22H22Cl2CuFeN4S2. The summed E-state index contributed by atoms with van der Waals surface area (Å²) < 4.78 is 0. The fourth-order valence-electron chi connectivity index (χ4n) is 2.44. The Kier molecular flexibility index (Phi) is 17.1. The van der Waals surface area contributed by atoms with Gasteiger partial charge in [0.25, 0.3) is 0 Å². The summed E-state index contributed by atoms with van der Waals surface area (Å²) >= 11 is 3.23. The average molecular weight is 597 g/mol. The number of rotatable bonds is 4. The first-order valence-corrected chi connectivity index (χ1v) is 10.5. The van der Waals surface area contributed by atoms with Crippen molar-refractivity contribution in [2.75, 3.05) is 0 Å². The Bertz CT molecular complexity index is 926. The molecule has 0 fully saturated rings. The summed E-state index contributed by atoms with van der Waals surface area (Å²) in [6, 6.07) is 0. The van der Waals surface area contributed by atoms with E-state index in [4.69, 9.17) is 0 Å². The molecule has 0 bridgehead atoms. The van der Waals surface area contributed by atoms with E-state index in [9.17, 15) is 0 Å². The maximum atomic E-state index is 4.45. The first-order valence-electron chi connectivity index (χ1n) is 8.91. The minimum atomic E-state index is 0. The Morgan fingerprint density at radius 1 is 0.688 bits per heavy atom. The van der Waals surface area contributed by atoms with Gasteiger partial charge < -0.3 is 45.4 Å². The van der Waals surface area contributed by atoms with Gasteiger partial charge in [0.1, 0.15) is 0 Å². The van der Waals surface area contributed by atoms with Crippen molar-refractivity contribution in [3.8, 4) is 0 Å². The van der Waals surface area contributed by atoms with E-state index in [-0.39, 0.29) is 59.0 Å². The van der Waals surface area contributed by atoms with Crippen molar-refractivity contribution in [1.29, 1.82) is 0 Å². The minimum Gasteiger partial charge on any atom is -1.00 e. The van der Waals surface area contributed by atoms with Crippen molar-refractivity contribution in [1.82, 2.24) is 9.97 Å². The molecule has 2 aromatic heterocycles. The molecule has 2 heterocycles. The van der Waals surface area contributed by atoms with Crippen LogP contribution in [0.25, 0.3) is 10.6 Å². The SMILES string of the molecule is CC([N-]c1ncc(C)s1)=C1C=CC=C1.CC([N-]c1ncc(C)s1)=C1C=CC=C1.[Cl-].[Cl-].[Cu+2].[Fe+2]. The van der Waals surface area contributed by atoms with E-state index in [1.807, 2.05) is 64.4 Å². The van der Waals surface area contributed by atoms with Gasteiger partial charge in [0.15, 0.2) is 0 Å². The second kappa shape index (κ2) is 16.5. The van der Waals surface area contributed by atoms with Crippen molar-refractivity contribution >= 4 is 32.9 Å². The number of aryl methyl sites for hydroxylation is 2. The molecule has 0 aliphatic heterocycles. The van der Waals surface area contributed by atoms with Crippen LogP contribution in [0, 0.1) is 13.8 Å².